The van der Waals surface area contributed by atoms with Crippen molar-refractivity contribution in [3.63, 3.8) is 0 Å². The first-order chi connectivity index (χ1) is 15.8. The Balaban J connectivity index is 1.27. The highest BCUT2D eigenvalue weighted by atomic mass is 16.1. The van der Waals surface area contributed by atoms with Crippen LogP contribution in [0, 0.1) is 5.92 Å². The van der Waals surface area contributed by atoms with Crippen molar-refractivity contribution in [1.82, 2.24) is 15.2 Å². The van der Waals surface area contributed by atoms with Crippen LogP contribution in [0.4, 0.5) is 5.82 Å². The van der Waals surface area contributed by atoms with Crippen LogP contribution in [0.1, 0.15) is 74.6 Å². The Morgan fingerprint density at radius 3 is 2.59 bits per heavy atom. The minimum Gasteiger partial charge on any atom is -0.367 e. The van der Waals surface area contributed by atoms with Gasteiger partial charge in [0.05, 0.1) is 10.9 Å². The zero-order valence-corrected chi connectivity index (χ0v) is 18.9. The fourth-order valence-corrected chi connectivity index (χ4v) is 5.51. The predicted molar refractivity (Wildman–Crippen MR) is 129 cm³/mol. The summed E-state index contributed by atoms with van der Waals surface area (Å²) < 4.78 is 0. The fraction of sp³-hybridized carbons (Fsp3) is 0.519. The molecule has 5 heteroatoms. The van der Waals surface area contributed by atoms with Crippen molar-refractivity contribution in [2.45, 2.75) is 83.1 Å². The van der Waals surface area contributed by atoms with Gasteiger partial charge in [-0.15, -0.1) is 0 Å². The second kappa shape index (κ2) is 9.85. The van der Waals surface area contributed by atoms with Gasteiger partial charge in [0.25, 0.3) is 0 Å². The number of ketones is 1. The lowest BCUT2D eigenvalue weighted by Gasteiger charge is -2.23. The van der Waals surface area contributed by atoms with E-state index in [9.17, 15) is 4.79 Å². The number of carbonyl (C=O) groups excluding carboxylic acids is 1. The standard InChI is InChI=1S/C27H34N4O/c32-25(21-9-4-5-10-21)18-20-8-6-7-19(17-20)13-14-23-26-24(31-30-23)15-16-28-27(26)29-22-11-2-1-3-12-22/h6-8,15-17,21-22H,1-5,9-14,18H2,(H,28,29)(H,30,31). The topological polar surface area (TPSA) is 70.7 Å². The van der Waals surface area contributed by atoms with E-state index in [1.54, 1.807) is 0 Å². The zero-order chi connectivity index (χ0) is 21.8. The molecular formula is C27H34N4O. The molecule has 0 saturated heterocycles. The molecule has 32 heavy (non-hydrogen) atoms. The normalized spacial score (nSPS) is 17.8. The Bertz CT molecular complexity index is 1060. The molecule has 0 spiro atoms. The molecule has 0 aliphatic heterocycles. The molecule has 0 bridgehead atoms. The van der Waals surface area contributed by atoms with Gasteiger partial charge >= 0.3 is 0 Å². The van der Waals surface area contributed by atoms with Crippen LogP contribution in [-0.2, 0) is 24.1 Å². The van der Waals surface area contributed by atoms with Crippen molar-refractivity contribution < 1.29 is 4.79 Å². The number of hydrogen-bond acceptors (Lipinski definition) is 4. The molecule has 0 amide bonds. The number of anilines is 1. The molecule has 2 fully saturated rings. The van der Waals surface area contributed by atoms with Crippen molar-refractivity contribution in [1.29, 1.82) is 0 Å². The third kappa shape index (κ3) is 4.87. The van der Waals surface area contributed by atoms with E-state index in [2.05, 4.69) is 44.8 Å². The highest BCUT2D eigenvalue weighted by Gasteiger charge is 2.22. The maximum absolute atomic E-state index is 12.6. The van der Waals surface area contributed by atoms with Crippen LogP contribution in [0.15, 0.2) is 36.5 Å². The van der Waals surface area contributed by atoms with Gasteiger partial charge in [-0.2, -0.15) is 5.10 Å². The predicted octanol–water partition coefficient (Wildman–Crippen LogP) is 5.79. The number of Topliss-reactive ketones (excluding diaryl/α,β-unsaturated/α-hetero) is 1. The lowest BCUT2D eigenvalue weighted by atomic mass is 9.95. The third-order valence-electron chi connectivity index (χ3n) is 7.33. The van der Waals surface area contributed by atoms with Gasteiger partial charge < -0.3 is 5.32 Å². The maximum atomic E-state index is 12.6. The summed E-state index contributed by atoms with van der Waals surface area (Å²) >= 11 is 0. The highest BCUT2D eigenvalue weighted by molar-refractivity contribution is 5.91. The van der Waals surface area contributed by atoms with E-state index in [1.807, 2.05) is 12.3 Å². The van der Waals surface area contributed by atoms with Gasteiger partial charge in [-0.25, -0.2) is 4.98 Å². The third-order valence-corrected chi connectivity index (χ3v) is 7.33. The van der Waals surface area contributed by atoms with Gasteiger partial charge in [0, 0.05) is 30.3 Å². The first-order valence-electron chi connectivity index (χ1n) is 12.5. The van der Waals surface area contributed by atoms with Crippen LogP contribution in [0.3, 0.4) is 0 Å². The SMILES string of the molecule is O=C(Cc1cccc(CCc2[nH]nc3ccnc(NC4CCCCC4)c23)c1)C1CCCC1. The summed E-state index contributed by atoms with van der Waals surface area (Å²) in [6.45, 7) is 0. The summed E-state index contributed by atoms with van der Waals surface area (Å²) in [4.78, 5) is 17.3. The molecule has 2 saturated carbocycles. The average molecular weight is 431 g/mol. The summed E-state index contributed by atoms with van der Waals surface area (Å²) in [5.41, 5.74) is 4.54. The van der Waals surface area contributed by atoms with Crippen LogP contribution in [0.2, 0.25) is 0 Å². The van der Waals surface area contributed by atoms with E-state index in [4.69, 9.17) is 0 Å². The first kappa shape index (κ1) is 21.2. The van der Waals surface area contributed by atoms with Gasteiger partial charge in [-0.05, 0) is 55.7 Å². The number of rotatable bonds is 8. The molecule has 2 aliphatic carbocycles. The van der Waals surface area contributed by atoms with Crippen LogP contribution < -0.4 is 5.32 Å². The molecule has 1 aromatic carbocycles. The summed E-state index contributed by atoms with van der Waals surface area (Å²) in [5.74, 6) is 1.68. The van der Waals surface area contributed by atoms with E-state index in [0.717, 1.165) is 53.7 Å². The van der Waals surface area contributed by atoms with Crippen molar-refractivity contribution in [3.05, 3.63) is 53.3 Å². The summed E-state index contributed by atoms with van der Waals surface area (Å²) in [6, 6.07) is 11.1. The Morgan fingerprint density at radius 1 is 0.969 bits per heavy atom. The number of nitrogens with one attached hydrogen (secondary N) is 2. The fourth-order valence-electron chi connectivity index (χ4n) is 5.51. The molecule has 168 valence electrons. The average Bonchev–Trinajstić information content (AvgIpc) is 3.50. The molecule has 2 aromatic heterocycles. The molecule has 5 nitrogen and oxygen atoms in total. The summed E-state index contributed by atoms with van der Waals surface area (Å²) in [6.07, 6.45) is 15.2. The van der Waals surface area contributed by atoms with E-state index < -0.39 is 0 Å². The maximum Gasteiger partial charge on any atom is 0.140 e. The lowest BCUT2D eigenvalue weighted by molar-refractivity contribution is -0.122. The Morgan fingerprint density at radius 2 is 1.75 bits per heavy atom. The molecule has 2 N–H and O–H groups in total. The Hall–Kier alpha value is -2.69. The highest BCUT2D eigenvalue weighted by Crippen LogP contribution is 2.29. The quantitative estimate of drug-likeness (QED) is 0.474. The number of aryl methyl sites for hydroxylation is 2. The number of aromatic nitrogens is 3. The number of carbonyl (C=O) groups is 1. The van der Waals surface area contributed by atoms with Gasteiger partial charge in [-0.3, -0.25) is 9.89 Å². The second-order valence-corrected chi connectivity index (χ2v) is 9.68. The molecule has 3 aromatic rings. The van der Waals surface area contributed by atoms with Crippen LogP contribution in [0.5, 0.6) is 0 Å². The van der Waals surface area contributed by atoms with Gasteiger partial charge in [0.1, 0.15) is 11.6 Å². The number of benzene rings is 1. The molecule has 0 atom stereocenters. The van der Waals surface area contributed by atoms with Gasteiger partial charge in [0.15, 0.2) is 0 Å². The van der Waals surface area contributed by atoms with Crippen molar-refractivity contribution in [2.75, 3.05) is 5.32 Å². The molecule has 5 rings (SSSR count). The smallest absolute Gasteiger partial charge is 0.140 e. The molecule has 0 unspecified atom stereocenters. The largest absolute Gasteiger partial charge is 0.367 e. The monoisotopic (exact) mass is 430 g/mol. The number of hydrogen-bond donors (Lipinski definition) is 2. The van der Waals surface area contributed by atoms with E-state index >= 15 is 0 Å². The van der Waals surface area contributed by atoms with Crippen molar-refractivity contribution in [3.8, 4) is 0 Å². The molecule has 0 radical (unpaired) electrons. The number of nitrogens with zero attached hydrogens (tertiary/aromatic N) is 2. The number of aromatic amines is 1. The van der Waals surface area contributed by atoms with Crippen LogP contribution in [0.25, 0.3) is 10.9 Å². The van der Waals surface area contributed by atoms with Crippen LogP contribution in [-0.4, -0.2) is 27.0 Å². The number of pyridine rings is 1. The molecule has 2 aliphatic rings. The van der Waals surface area contributed by atoms with E-state index in [1.165, 1.54) is 50.5 Å². The summed E-state index contributed by atoms with van der Waals surface area (Å²) in [7, 11) is 0. The van der Waals surface area contributed by atoms with E-state index in [-0.39, 0.29) is 5.92 Å². The minimum atomic E-state index is 0.289. The summed E-state index contributed by atoms with van der Waals surface area (Å²) in [5, 5.41) is 12.6. The van der Waals surface area contributed by atoms with E-state index in [0.29, 0.717) is 18.2 Å². The Labute approximate surface area is 190 Å². The lowest BCUT2D eigenvalue weighted by Crippen LogP contribution is -2.23. The number of fused-ring (bicyclic) bond motifs is 1. The number of H-pyrrole nitrogens is 1. The van der Waals surface area contributed by atoms with Gasteiger partial charge in [0.2, 0.25) is 0 Å². The zero-order valence-electron chi connectivity index (χ0n) is 18.9. The van der Waals surface area contributed by atoms with Gasteiger partial charge in [-0.1, -0.05) is 56.4 Å². The molecular weight excluding hydrogens is 396 g/mol. The second-order valence-electron chi connectivity index (χ2n) is 9.68. The van der Waals surface area contributed by atoms with Crippen molar-refractivity contribution in [2.24, 2.45) is 5.92 Å². The van der Waals surface area contributed by atoms with Crippen molar-refractivity contribution >= 4 is 22.5 Å². The Kier molecular flexibility index (Phi) is 6.51. The minimum absolute atomic E-state index is 0.289. The molecule has 2 heterocycles. The van der Waals surface area contributed by atoms with Crippen LogP contribution >= 0.6 is 0 Å². The first-order valence-corrected chi connectivity index (χ1v) is 12.5.